The van der Waals surface area contributed by atoms with E-state index in [-0.39, 0.29) is 17.9 Å². The molecule has 5 heteroatoms. The smallest absolute Gasteiger partial charge is 0.243 e. The molecule has 3 rings (SSSR count). The molecule has 2 aliphatic rings. The molecule has 0 unspecified atom stereocenters. The summed E-state index contributed by atoms with van der Waals surface area (Å²) in [4.78, 5) is 26.8. The quantitative estimate of drug-likeness (QED) is 0.896. The van der Waals surface area contributed by atoms with Crippen molar-refractivity contribution in [3.63, 3.8) is 0 Å². The van der Waals surface area contributed by atoms with Crippen LogP contribution in [0.15, 0.2) is 17.5 Å². The van der Waals surface area contributed by atoms with E-state index >= 15 is 0 Å². The van der Waals surface area contributed by atoms with E-state index in [1.165, 1.54) is 0 Å². The van der Waals surface area contributed by atoms with Crippen LogP contribution in [0.5, 0.6) is 0 Å². The Morgan fingerprint density at radius 2 is 2.28 bits per heavy atom. The van der Waals surface area contributed by atoms with E-state index in [0.717, 1.165) is 17.7 Å². The van der Waals surface area contributed by atoms with E-state index in [1.54, 1.807) is 16.2 Å². The van der Waals surface area contributed by atoms with Gasteiger partial charge in [-0.15, -0.1) is 11.3 Å². The minimum absolute atomic E-state index is 0.0277. The van der Waals surface area contributed by atoms with E-state index in [0.29, 0.717) is 25.4 Å². The molecule has 96 valence electrons. The van der Waals surface area contributed by atoms with Gasteiger partial charge in [0.05, 0.1) is 6.54 Å². The van der Waals surface area contributed by atoms with Crippen LogP contribution in [0.4, 0.5) is 0 Å². The first-order chi connectivity index (χ1) is 8.74. The number of thiophene rings is 1. The number of carbonyl (C=O) groups is 2. The van der Waals surface area contributed by atoms with Crippen LogP contribution < -0.4 is 5.32 Å². The zero-order valence-corrected chi connectivity index (χ0v) is 10.9. The van der Waals surface area contributed by atoms with Gasteiger partial charge in [-0.1, -0.05) is 6.07 Å². The van der Waals surface area contributed by atoms with Gasteiger partial charge in [0.15, 0.2) is 0 Å². The maximum absolute atomic E-state index is 12.1. The van der Waals surface area contributed by atoms with Crippen LogP contribution in [-0.2, 0) is 16.1 Å². The summed E-state index contributed by atoms with van der Waals surface area (Å²) in [6.45, 7) is 0.569. The Balaban J connectivity index is 1.68. The summed E-state index contributed by atoms with van der Waals surface area (Å²) in [6.07, 6.45) is 3.31. The highest BCUT2D eigenvalue weighted by molar-refractivity contribution is 7.09. The van der Waals surface area contributed by atoms with Gasteiger partial charge < -0.3 is 10.2 Å². The lowest BCUT2D eigenvalue weighted by molar-refractivity contribution is -0.135. The van der Waals surface area contributed by atoms with Crippen molar-refractivity contribution in [1.29, 1.82) is 0 Å². The topological polar surface area (TPSA) is 49.4 Å². The lowest BCUT2D eigenvalue weighted by atomic mass is 10.2. The number of amides is 2. The summed E-state index contributed by atoms with van der Waals surface area (Å²) in [7, 11) is 0. The van der Waals surface area contributed by atoms with E-state index in [9.17, 15) is 9.59 Å². The molecule has 18 heavy (non-hydrogen) atoms. The summed E-state index contributed by atoms with van der Waals surface area (Å²) in [5.41, 5.74) is 0. The highest BCUT2D eigenvalue weighted by Gasteiger charge is 2.37. The van der Waals surface area contributed by atoms with Gasteiger partial charge in [0, 0.05) is 17.3 Å². The monoisotopic (exact) mass is 264 g/mol. The fourth-order valence-electron chi connectivity index (χ4n) is 2.30. The van der Waals surface area contributed by atoms with E-state index in [4.69, 9.17) is 0 Å². The van der Waals surface area contributed by atoms with Crippen molar-refractivity contribution in [2.45, 2.75) is 44.3 Å². The predicted molar refractivity (Wildman–Crippen MR) is 69.1 cm³/mol. The van der Waals surface area contributed by atoms with Crippen LogP contribution in [0.3, 0.4) is 0 Å². The molecule has 0 aromatic carbocycles. The average Bonchev–Trinajstić information content (AvgIpc) is 2.88. The molecule has 1 atom stereocenters. The second kappa shape index (κ2) is 4.72. The van der Waals surface area contributed by atoms with Gasteiger partial charge in [0.25, 0.3) is 0 Å². The van der Waals surface area contributed by atoms with Crippen molar-refractivity contribution in [3.8, 4) is 0 Å². The van der Waals surface area contributed by atoms with Gasteiger partial charge in [0.2, 0.25) is 11.8 Å². The molecule has 0 spiro atoms. The fourth-order valence-corrected chi connectivity index (χ4v) is 3.00. The van der Waals surface area contributed by atoms with Crippen LogP contribution in [0.25, 0.3) is 0 Å². The fraction of sp³-hybridized carbons (Fsp3) is 0.538. The van der Waals surface area contributed by atoms with Gasteiger partial charge in [-0.05, 0) is 30.7 Å². The Labute approximate surface area is 110 Å². The van der Waals surface area contributed by atoms with Gasteiger partial charge in [0.1, 0.15) is 6.04 Å². The molecule has 0 bridgehead atoms. The predicted octanol–water partition coefficient (Wildman–Crippen LogP) is 1.52. The minimum atomic E-state index is -0.264. The van der Waals surface area contributed by atoms with Crippen LogP contribution in [0.1, 0.15) is 30.6 Å². The zero-order valence-electron chi connectivity index (χ0n) is 10.1. The molecule has 2 heterocycles. The number of rotatable bonds is 4. The van der Waals surface area contributed by atoms with Crippen molar-refractivity contribution < 1.29 is 9.59 Å². The Hall–Kier alpha value is -1.36. The molecule has 1 N–H and O–H groups in total. The second-order valence-electron chi connectivity index (χ2n) is 4.94. The summed E-state index contributed by atoms with van der Waals surface area (Å²) >= 11 is 1.63. The SMILES string of the molecule is O=C(NC1CC1)[C@H]1CCC(=O)N1Cc1cccs1. The van der Waals surface area contributed by atoms with Gasteiger partial charge in [-0.2, -0.15) is 0 Å². The van der Waals surface area contributed by atoms with E-state index in [1.807, 2.05) is 17.5 Å². The Morgan fingerprint density at radius 1 is 1.44 bits per heavy atom. The first-order valence-electron chi connectivity index (χ1n) is 6.36. The van der Waals surface area contributed by atoms with Crippen LogP contribution >= 0.6 is 11.3 Å². The molecule has 4 nitrogen and oxygen atoms in total. The molecule has 1 aliphatic heterocycles. The number of carbonyl (C=O) groups excluding carboxylic acids is 2. The summed E-state index contributed by atoms with van der Waals surface area (Å²) in [6, 6.07) is 4.07. The molecule has 2 fully saturated rings. The van der Waals surface area contributed by atoms with Crippen LogP contribution in [-0.4, -0.2) is 28.8 Å². The highest BCUT2D eigenvalue weighted by atomic mass is 32.1. The first-order valence-corrected chi connectivity index (χ1v) is 7.24. The number of hydrogen-bond acceptors (Lipinski definition) is 3. The molecule has 1 aliphatic carbocycles. The maximum Gasteiger partial charge on any atom is 0.243 e. The minimum Gasteiger partial charge on any atom is -0.352 e. The number of likely N-dealkylation sites (tertiary alicyclic amines) is 1. The van der Waals surface area contributed by atoms with E-state index < -0.39 is 0 Å². The van der Waals surface area contributed by atoms with Crippen molar-refractivity contribution in [2.24, 2.45) is 0 Å². The average molecular weight is 264 g/mol. The molecule has 1 saturated heterocycles. The van der Waals surface area contributed by atoms with Crippen molar-refractivity contribution >= 4 is 23.2 Å². The molecule has 1 saturated carbocycles. The van der Waals surface area contributed by atoms with Crippen molar-refractivity contribution in [3.05, 3.63) is 22.4 Å². The first kappa shape index (κ1) is 11.7. The molecule has 1 aromatic rings. The highest BCUT2D eigenvalue weighted by Crippen LogP contribution is 2.25. The largest absolute Gasteiger partial charge is 0.352 e. The summed E-state index contributed by atoms with van der Waals surface area (Å²) < 4.78 is 0. The lowest BCUT2D eigenvalue weighted by Crippen LogP contribution is -2.44. The van der Waals surface area contributed by atoms with Crippen LogP contribution in [0, 0.1) is 0 Å². The lowest BCUT2D eigenvalue weighted by Gasteiger charge is -2.23. The van der Waals surface area contributed by atoms with Gasteiger partial charge in [-0.25, -0.2) is 0 Å². The Morgan fingerprint density at radius 3 is 2.94 bits per heavy atom. The van der Waals surface area contributed by atoms with Crippen molar-refractivity contribution in [1.82, 2.24) is 10.2 Å². The molecular formula is C13H16N2O2S. The molecular weight excluding hydrogens is 248 g/mol. The molecule has 1 aromatic heterocycles. The third kappa shape index (κ3) is 2.41. The number of hydrogen-bond donors (Lipinski definition) is 1. The zero-order chi connectivity index (χ0) is 12.5. The number of nitrogens with one attached hydrogen (secondary N) is 1. The maximum atomic E-state index is 12.1. The number of nitrogens with zero attached hydrogens (tertiary/aromatic N) is 1. The molecule has 2 amide bonds. The third-order valence-corrected chi connectivity index (χ3v) is 4.32. The normalized spacial score (nSPS) is 23.4. The van der Waals surface area contributed by atoms with Crippen molar-refractivity contribution in [2.75, 3.05) is 0 Å². The van der Waals surface area contributed by atoms with Crippen LogP contribution in [0.2, 0.25) is 0 Å². The Bertz CT molecular complexity index is 454. The van der Waals surface area contributed by atoms with Gasteiger partial charge in [-0.3, -0.25) is 9.59 Å². The third-order valence-electron chi connectivity index (χ3n) is 3.46. The second-order valence-corrected chi connectivity index (χ2v) is 5.97. The Kier molecular flexibility index (Phi) is 3.07. The summed E-state index contributed by atoms with van der Waals surface area (Å²) in [5.74, 6) is 0.124. The van der Waals surface area contributed by atoms with Gasteiger partial charge >= 0.3 is 0 Å². The standard InChI is InChI=1S/C13H16N2O2S/c16-12-6-5-11(13(17)14-9-3-4-9)15(12)8-10-2-1-7-18-10/h1-2,7,9,11H,3-6,8H2,(H,14,17)/t11-/m1/s1. The van der Waals surface area contributed by atoms with E-state index in [2.05, 4.69) is 5.32 Å². The molecule has 0 radical (unpaired) electrons. The summed E-state index contributed by atoms with van der Waals surface area (Å²) in [5, 5.41) is 4.99.